The maximum atomic E-state index is 10.4. The van der Waals surface area contributed by atoms with Crippen LogP contribution >= 0.6 is 22.9 Å². The van der Waals surface area contributed by atoms with Crippen LogP contribution in [0.3, 0.4) is 0 Å². The summed E-state index contributed by atoms with van der Waals surface area (Å²) in [5.41, 5.74) is 0.965. The summed E-state index contributed by atoms with van der Waals surface area (Å²) >= 11 is 7.53. The van der Waals surface area contributed by atoms with Gasteiger partial charge < -0.3 is 5.11 Å². The lowest BCUT2D eigenvalue weighted by molar-refractivity contribution is -0.137. The monoisotopic (exact) mass is 269 g/mol. The number of hydrogen-bond acceptors (Lipinski definition) is 3. The van der Waals surface area contributed by atoms with E-state index in [4.69, 9.17) is 16.7 Å². The molecule has 1 aromatic carbocycles. The SMILES string of the molecule is O=C(O)CCCCc1nc2ccc(Cl)cc2s1. The first-order valence-electron chi connectivity index (χ1n) is 5.42. The van der Waals surface area contributed by atoms with E-state index < -0.39 is 5.97 Å². The first-order valence-corrected chi connectivity index (χ1v) is 6.61. The Kier molecular flexibility index (Phi) is 3.97. The maximum absolute atomic E-state index is 10.4. The number of carboxylic acids is 1. The summed E-state index contributed by atoms with van der Waals surface area (Å²) in [5.74, 6) is -0.735. The third-order valence-corrected chi connectivity index (χ3v) is 3.74. The number of aryl methyl sites for hydroxylation is 1. The normalized spacial score (nSPS) is 10.9. The first kappa shape index (κ1) is 12.3. The Hall–Kier alpha value is -1.13. The van der Waals surface area contributed by atoms with Crippen molar-refractivity contribution in [2.24, 2.45) is 0 Å². The molecule has 0 atom stereocenters. The summed E-state index contributed by atoms with van der Waals surface area (Å²) < 4.78 is 1.09. The van der Waals surface area contributed by atoms with Gasteiger partial charge in [-0.25, -0.2) is 4.98 Å². The molecule has 0 fully saturated rings. The number of aromatic nitrogens is 1. The number of nitrogens with zero attached hydrogens (tertiary/aromatic N) is 1. The number of thiazole rings is 1. The summed E-state index contributed by atoms with van der Waals surface area (Å²) in [4.78, 5) is 14.8. The van der Waals surface area contributed by atoms with Crippen LogP contribution in [0.2, 0.25) is 5.02 Å². The van der Waals surface area contributed by atoms with E-state index >= 15 is 0 Å². The quantitative estimate of drug-likeness (QED) is 0.841. The second-order valence-electron chi connectivity index (χ2n) is 3.82. The Labute approximate surface area is 108 Å². The average molecular weight is 270 g/mol. The van der Waals surface area contributed by atoms with Crippen LogP contribution in [0.1, 0.15) is 24.3 Å². The lowest BCUT2D eigenvalue weighted by atomic mass is 10.2. The highest BCUT2D eigenvalue weighted by molar-refractivity contribution is 7.18. The average Bonchev–Trinajstić information content (AvgIpc) is 2.66. The van der Waals surface area contributed by atoms with Crippen LogP contribution < -0.4 is 0 Å². The summed E-state index contributed by atoms with van der Waals surface area (Å²) in [5, 5.41) is 10.3. The van der Waals surface area contributed by atoms with Gasteiger partial charge in [-0.1, -0.05) is 11.6 Å². The fraction of sp³-hybridized carbons (Fsp3) is 0.333. The molecular weight excluding hydrogens is 258 g/mol. The number of rotatable bonds is 5. The fourth-order valence-electron chi connectivity index (χ4n) is 1.61. The molecule has 2 rings (SSSR count). The molecule has 1 N–H and O–H groups in total. The van der Waals surface area contributed by atoms with Crippen LogP contribution in [-0.2, 0) is 11.2 Å². The Balaban J connectivity index is 1.97. The number of hydrogen-bond donors (Lipinski definition) is 1. The van der Waals surface area contributed by atoms with Crippen molar-refractivity contribution in [3.63, 3.8) is 0 Å². The minimum absolute atomic E-state index is 0.233. The summed E-state index contributed by atoms with van der Waals surface area (Å²) in [7, 11) is 0. The molecule has 0 radical (unpaired) electrons. The van der Waals surface area contributed by atoms with E-state index in [1.165, 1.54) is 0 Å². The van der Waals surface area contributed by atoms with Crippen molar-refractivity contribution in [1.82, 2.24) is 4.98 Å². The van der Waals surface area contributed by atoms with E-state index in [-0.39, 0.29) is 6.42 Å². The molecule has 0 spiro atoms. The second-order valence-corrected chi connectivity index (χ2v) is 5.37. The number of aliphatic carboxylic acids is 1. The van der Waals surface area contributed by atoms with Crippen molar-refractivity contribution in [1.29, 1.82) is 0 Å². The van der Waals surface area contributed by atoms with Crippen molar-refractivity contribution in [2.45, 2.75) is 25.7 Å². The molecule has 0 saturated carbocycles. The lowest BCUT2D eigenvalue weighted by Gasteiger charge is -1.94. The number of fused-ring (bicyclic) bond motifs is 1. The topological polar surface area (TPSA) is 50.2 Å². The number of carbonyl (C=O) groups is 1. The van der Waals surface area contributed by atoms with E-state index in [2.05, 4.69) is 4.98 Å². The molecule has 0 saturated heterocycles. The molecule has 0 amide bonds. The minimum atomic E-state index is -0.735. The predicted octanol–water partition coefficient (Wildman–Crippen LogP) is 3.75. The van der Waals surface area contributed by atoms with Crippen LogP contribution in [0, 0.1) is 0 Å². The Morgan fingerprint density at radius 2 is 2.24 bits per heavy atom. The Morgan fingerprint density at radius 1 is 1.41 bits per heavy atom. The predicted molar refractivity (Wildman–Crippen MR) is 69.8 cm³/mol. The van der Waals surface area contributed by atoms with Gasteiger partial charge in [0, 0.05) is 11.4 Å². The van der Waals surface area contributed by atoms with E-state index in [9.17, 15) is 4.79 Å². The highest BCUT2D eigenvalue weighted by Crippen LogP contribution is 2.26. The van der Waals surface area contributed by atoms with Crippen LogP contribution in [0.25, 0.3) is 10.2 Å². The van der Waals surface area contributed by atoms with Crippen LogP contribution in [0.4, 0.5) is 0 Å². The molecule has 3 nitrogen and oxygen atoms in total. The molecule has 0 aliphatic carbocycles. The summed E-state index contributed by atoms with van der Waals surface area (Å²) in [6, 6.07) is 5.65. The van der Waals surface area contributed by atoms with Gasteiger partial charge in [-0.15, -0.1) is 11.3 Å². The molecular formula is C12H12ClNO2S. The fourth-order valence-corrected chi connectivity index (χ4v) is 2.89. The molecule has 1 heterocycles. The van der Waals surface area contributed by atoms with Gasteiger partial charge in [0.15, 0.2) is 0 Å². The smallest absolute Gasteiger partial charge is 0.303 e. The molecule has 17 heavy (non-hydrogen) atoms. The van der Waals surface area contributed by atoms with Gasteiger partial charge in [0.1, 0.15) is 0 Å². The van der Waals surface area contributed by atoms with Crippen LogP contribution in [0.5, 0.6) is 0 Å². The number of carboxylic acid groups (broad SMARTS) is 1. The third-order valence-electron chi connectivity index (χ3n) is 2.43. The van der Waals surface area contributed by atoms with Gasteiger partial charge in [-0.2, -0.15) is 0 Å². The van der Waals surface area contributed by atoms with E-state index in [1.807, 2.05) is 18.2 Å². The third kappa shape index (κ3) is 3.41. The van der Waals surface area contributed by atoms with Crippen LogP contribution in [0.15, 0.2) is 18.2 Å². The molecule has 0 bridgehead atoms. The van der Waals surface area contributed by atoms with Gasteiger partial charge in [-0.3, -0.25) is 4.79 Å². The standard InChI is InChI=1S/C12H12ClNO2S/c13-8-5-6-9-10(7-8)17-11(14-9)3-1-2-4-12(15)16/h5-7H,1-4H2,(H,15,16). The zero-order valence-corrected chi connectivity index (χ0v) is 10.7. The number of halogens is 1. The highest BCUT2D eigenvalue weighted by Gasteiger charge is 2.04. The molecule has 90 valence electrons. The first-order chi connectivity index (χ1) is 8.15. The van der Waals surface area contributed by atoms with Gasteiger partial charge >= 0.3 is 5.97 Å². The van der Waals surface area contributed by atoms with E-state index in [0.717, 1.165) is 33.1 Å². The second kappa shape index (κ2) is 5.47. The van der Waals surface area contributed by atoms with E-state index in [0.29, 0.717) is 6.42 Å². The zero-order chi connectivity index (χ0) is 12.3. The van der Waals surface area contributed by atoms with Crippen molar-refractivity contribution < 1.29 is 9.90 Å². The maximum Gasteiger partial charge on any atom is 0.303 e. The lowest BCUT2D eigenvalue weighted by Crippen LogP contribution is -1.94. The van der Waals surface area contributed by atoms with Crippen LogP contribution in [-0.4, -0.2) is 16.1 Å². The van der Waals surface area contributed by atoms with Crippen molar-refractivity contribution in [2.75, 3.05) is 0 Å². The number of unbranched alkanes of at least 4 members (excludes halogenated alkanes) is 1. The van der Waals surface area contributed by atoms with Gasteiger partial charge in [-0.05, 0) is 37.5 Å². The van der Waals surface area contributed by atoms with Gasteiger partial charge in [0.05, 0.1) is 15.2 Å². The van der Waals surface area contributed by atoms with Gasteiger partial charge in [0.2, 0.25) is 0 Å². The molecule has 5 heteroatoms. The zero-order valence-electron chi connectivity index (χ0n) is 9.15. The highest BCUT2D eigenvalue weighted by atomic mass is 35.5. The molecule has 2 aromatic rings. The number of benzene rings is 1. The Morgan fingerprint density at radius 3 is 3.00 bits per heavy atom. The molecule has 0 aliphatic heterocycles. The summed E-state index contributed by atoms with van der Waals surface area (Å²) in [6.45, 7) is 0. The minimum Gasteiger partial charge on any atom is -0.481 e. The Bertz CT molecular complexity index is 538. The van der Waals surface area contributed by atoms with Crippen molar-refractivity contribution >= 4 is 39.1 Å². The van der Waals surface area contributed by atoms with Crippen molar-refractivity contribution in [3.8, 4) is 0 Å². The molecule has 1 aromatic heterocycles. The molecule has 0 aliphatic rings. The van der Waals surface area contributed by atoms with Gasteiger partial charge in [0.25, 0.3) is 0 Å². The molecule has 0 unspecified atom stereocenters. The van der Waals surface area contributed by atoms with Crippen molar-refractivity contribution in [3.05, 3.63) is 28.2 Å². The largest absolute Gasteiger partial charge is 0.481 e. The summed E-state index contributed by atoms with van der Waals surface area (Å²) in [6.07, 6.45) is 2.63. The van der Waals surface area contributed by atoms with E-state index in [1.54, 1.807) is 11.3 Å².